The number of nitrogens with one attached hydrogen (secondary N) is 1. The maximum Gasteiger partial charge on any atom is 0.310 e. The number of nitro groups is 1. The predicted molar refractivity (Wildman–Crippen MR) is 74.8 cm³/mol. The largest absolute Gasteiger partial charge is 0.481 e. The third kappa shape index (κ3) is 3.46. The van der Waals surface area contributed by atoms with Crippen LogP contribution in [-0.2, 0) is 6.54 Å². The number of aliphatic hydroxyl groups excluding tert-OH is 1. The Hall–Kier alpha value is -1.66. The number of nitro benzene ring substituents is 1. The molecule has 110 valence electrons. The lowest BCUT2D eigenvalue weighted by atomic mass is 10.1. The lowest BCUT2D eigenvalue weighted by Crippen LogP contribution is -2.26. The molecule has 1 aromatic rings. The number of hydrogen-bond donors (Lipinski definition) is 2. The van der Waals surface area contributed by atoms with Crippen LogP contribution in [-0.4, -0.2) is 28.8 Å². The fourth-order valence-corrected chi connectivity index (χ4v) is 2.39. The topological polar surface area (TPSA) is 84.6 Å². The van der Waals surface area contributed by atoms with Gasteiger partial charge in [-0.05, 0) is 37.4 Å². The van der Waals surface area contributed by atoms with Crippen molar-refractivity contribution in [3.63, 3.8) is 0 Å². The average molecular weight is 280 g/mol. The second kappa shape index (κ2) is 6.67. The third-order valence-electron chi connectivity index (χ3n) is 3.50. The Labute approximate surface area is 117 Å². The quantitative estimate of drug-likeness (QED) is 0.615. The van der Waals surface area contributed by atoms with Gasteiger partial charge in [-0.2, -0.15) is 0 Å². The van der Waals surface area contributed by atoms with Crippen molar-refractivity contribution < 1.29 is 14.8 Å². The van der Waals surface area contributed by atoms with E-state index in [4.69, 9.17) is 4.74 Å². The van der Waals surface area contributed by atoms with Crippen molar-refractivity contribution in [3.05, 3.63) is 33.9 Å². The Balaban J connectivity index is 2.19. The highest BCUT2D eigenvalue weighted by atomic mass is 16.6. The van der Waals surface area contributed by atoms with Gasteiger partial charge >= 0.3 is 5.69 Å². The number of ether oxygens (including phenoxy) is 1. The zero-order chi connectivity index (χ0) is 14.5. The molecule has 0 saturated heterocycles. The Morgan fingerprint density at radius 3 is 2.90 bits per heavy atom. The number of rotatable bonds is 6. The molecule has 1 aromatic carbocycles. The molecule has 0 bridgehead atoms. The van der Waals surface area contributed by atoms with Gasteiger partial charge in [-0.25, -0.2) is 0 Å². The van der Waals surface area contributed by atoms with Gasteiger partial charge in [0.2, 0.25) is 0 Å². The lowest BCUT2D eigenvalue weighted by molar-refractivity contribution is -0.386. The summed E-state index contributed by atoms with van der Waals surface area (Å²) in [5, 5.41) is 24.0. The monoisotopic (exact) mass is 280 g/mol. The van der Waals surface area contributed by atoms with Gasteiger partial charge in [0.25, 0.3) is 0 Å². The standard InChI is InChI=1S/C14H20N2O4/c1-2-15-9-10-6-7-11(16(18)19)14(8-10)20-13-5-3-4-12(13)17/h6-8,12-13,15,17H,2-5,9H2,1H3. The average Bonchev–Trinajstić information content (AvgIpc) is 2.82. The van der Waals surface area contributed by atoms with Gasteiger partial charge in [-0.1, -0.05) is 13.0 Å². The summed E-state index contributed by atoms with van der Waals surface area (Å²) in [6.07, 6.45) is 1.43. The highest BCUT2D eigenvalue weighted by Gasteiger charge is 2.29. The first-order valence-corrected chi connectivity index (χ1v) is 6.94. The summed E-state index contributed by atoms with van der Waals surface area (Å²) in [5.74, 6) is 0.247. The molecule has 2 rings (SSSR count). The number of benzene rings is 1. The molecule has 1 fully saturated rings. The van der Waals surface area contributed by atoms with Gasteiger partial charge in [-0.3, -0.25) is 10.1 Å². The molecule has 6 nitrogen and oxygen atoms in total. The first kappa shape index (κ1) is 14.7. The van der Waals surface area contributed by atoms with Crippen molar-refractivity contribution >= 4 is 5.69 Å². The molecule has 2 unspecified atom stereocenters. The summed E-state index contributed by atoms with van der Waals surface area (Å²) in [6.45, 7) is 3.46. The maximum absolute atomic E-state index is 11.0. The Kier molecular flexibility index (Phi) is 4.92. The van der Waals surface area contributed by atoms with Gasteiger partial charge in [0.15, 0.2) is 5.75 Å². The Morgan fingerprint density at radius 2 is 2.30 bits per heavy atom. The van der Waals surface area contributed by atoms with E-state index in [0.717, 1.165) is 24.9 Å². The van der Waals surface area contributed by atoms with E-state index < -0.39 is 11.0 Å². The second-order valence-corrected chi connectivity index (χ2v) is 4.99. The third-order valence-corrected chi connectivity index (χ3v) is 3.50. The summed E-state index contributed by atoms with van der Waals surface area (Å²) >= 11 is 0. The van der Waals surface area contributed by atoms with Crippen molar-refractivity contribution in [2.75, 3.05) is 6.54 Å². The van der Waals surface area contributed by atoms with Crippen LogP contribution in [0.3, 0.4) is 0 Å². The summed E-state index contributed by atoms with van der Waals surface area (Å²) in [7, 11) is 0. The van der Waals surface area contributed by atoms with Crippen LogP contribution in [0.15, 0.2) is 18.2 Å². The number of nitrogens with zero attached hydrogens (tertiary/aromatic N) is 1. The van der Waals surface area contributed by atoms with Crippen molar-refractivity contribution in [1.82, 2.24) is 5.32 Å². The Bertz CT molecular complexity index is 478. The molecule has 0 amide bonds. The van der Waals surface area contributed by atoms with E-state index in [-0.39, 0.29) is 17.5 Å². The summed E-state index contributed by atoms with van der Waals surface area (Å²) in [6, 6.07) is 4.87. The first-order valence-electron chi connectivity index (χ1n) is 6.94. The highest BCUT2D eigenvalue weighted by Crippen LogP contribution is 2.32. The van der Waals surface area contributed by atoms with Gasteiger partial charge in [-0.15, -0.1) is 0 Å². The molecule has 20 heavy (non-hydrogen) atoms. The van der Waals surface area contributed by atoms with Crippen LogP contribution in [0.4, 0.5) is 5.69 Å². The van der Waals surface area contributed by atoms with Crippen molar-refractivity contribution in [1.29, 1.82) is 0 Å². The van der Waals surface area contributed by atoms with Crippen molar-refractivity contribution in [2.45, 2.75) is 44.9 Å². The maximum atomic E-state index is 11.0. The second-order valence-electron chi connectivity index (χ2n) is 4.99. The van der Waals surface area contributed by atoms with Gasteiger partial charge in [0.05, 0.1) is 11.0 Å². The van der Waals surface area contributed by atoms with Gasteiger partial charge in [0.1, 0.15) is 6.10 Å². The summed E-state index contributed by atoms with van der Waals surface area (Å²) < 4.78 is 5.68. The smallest absolute Gasteiger partial charge is 0.310 e. The molecule has 2 N–H and O–H groups in total. The normalized spacial score (nSPS) is 21.9. The predicted octanol–water partition coefficient (Wildman–Crippen LogP) is 2.00. The molecule has 0 spiro atoms. The van der Waals surface area contributed by atoms with E-state index in [0.29, 0.717) is 13.0 Å². The van der Waals surface area contributed by atoms with Gasteiger partial charge in [0, 0.05) is 12.6 Å². The van der Waals surface area contributed by atoms with Crippen LogP contribution in [0.2, 0.25) is 0 Å². The molecule has 0 aromatic heterocycles. The highest BCUT2D eigenvalue weighted by molar-refractivity contribution is 5.48. The van der Waals surface area contributed by atoms with Gasteiger partial charge < -0.3 is 15.2 Å². The molecule has 0 radical (unpaired) electrons. The molecule has 0 heterocycles. The minimum absolute atomic E-state index is 0.0515. The molecular formula is C14H20N2O4. The fraction of sp³-hybridized carbons (Fsp3) is 0.571. The summed E-state index contributed by atoms with van der Waals surface area (Å²) in [4.78, 5) is 10.6. The Morgan fingerprint density at radius 1 is 1.50 bits per heavy atom. The van der Waals surface area contributed by atoms with E-state index in [2.05, 4.69) is 5.32 Å². The zero-order valence-corrected chi connectivity index (χ0v) is 11.5. The lowest BCUT2D eigenvalue weighted by Gasteiger charge is -2.17. The molecule has 0 aliphatic heterocycles. The SMILES string of the molecule is CCNCc1ccc([N+](=O)[O-])c(OC2CCCC2O)c1. The van der Waals surface area contributed by atoms with Crippen LogP contribution >= 0.6 is 0 Å². The molecule has 1 aliphatic carbocycles. The molecule has 1 aliphatic rings. The van der Waals surface area contributed by atoms with Crippen molar-refractivity contribution in [2.24, 2.45) is 0 Å². The fourth-order valence-electron chi connectivity index (χ4n) is 2.39. The number of hydrogen-bond acceptors (Lipinski definition) is 5. The van der Waals surface area contributed by atoms with E-state index in [9.17, 15) is 15.2 Å². The van der Waals surface area contributed by atoms with E-state index in [1.807, 2.05) is 6.92 Å². The molecule has 2 atom stereocenters. The molecule has 6 heteroatoms. The summed E-state index contributed by atoms with van der Waals surface area (Å²) in [5.41, 5.74) is 0.879. The van der Waals surface area contributed by atoms with Crippen LogP contribution in [0.1, 0.15) is 31.7 Å². The van der Waals surface area contributed by atoms with Crippen LogP contribution < -0.4 is 10.1 Å². The molecular weight excluding hydrogens is 260 g/mol. The minimum atomic E-state index is -0.535. The van der Waals surface area contributed by atoms with Crippen LogP contribution in [0.5, 0.6) is 5.75 Å². The van der Waals surface area contributed by atoms with E-state index >= 15 is 0 Å². The minimum Gasteiger partial charge on any atom is -0.481 e. The number of aliphatic hydroxyl groups is 1. The van der Waals surface area contributed by atoms with Crippen LogP contribution in [0.25, 0.3) is 0 Å². The zero-order valence-electron chi connectivity index (χ0n) is 11.5. The van der Waals surface area contributed by atoms with Crippen LogP contribution in [0, 0.1) is 10.1 Å². The van der Waals surface area contributed by atoms with Crippen molar-refractivity contribution in [3.8, 4) is 5.75 Å². The first-order chi connectivity index (χ1) is 9.61. The van der Waals surface area contributed by atoms with E-state index in [1.54, 1.807) is 12.1 Å². The van der Waals surface area contributed by atoms with E-state index in [1.165, 1.54) is 6.07 Å². The molecule has 1 saturated carbocycles.